The van der Waals surface area contributed by atoms with E-state index >= 15 is 0 Å². The standard InChI is InChI=1S/C25H32N5O9P/c1-15(22(32)36-13-7-12-35-3)29-40(34,38-16-8-5-4-6-9-16)39-23-24(2)25(23,33)20(31)19(37-24)17-10-11-18-21(26)27-14-28-30(17)18/h4-6,8-11,14-15,19-20,23,31,33H,7,12-13H2,1-3H3,(H,29,34)(H2,26,27,28)/t15-,19-,20-,23?,24+,25+,40-/m0/s1. The molecule has 0 spiro atoms. The number of rotatable bonds is 12. The van der Waals surface area contributed by atoms with E-state index in [1.54, 1.807) is 42.5 Å². The van der Waals surface area contributed by atoms with Gasteiger partial charge in [-0.1, -0.05) is 18.2 Å². The molecule has 7 atom stereocenters. The first-order chi connectivity index (χ1) is 19.0. The van der Waals surface area contributed by atoms with Crippen molar-refractivity contribution in [3.05, 3.63) is 54.5 Å². The number of aliphatic hydroxyl groups is 2. The van der Waals surface area contributed by atoms with Gasteiger partial charge in [0.2, 0.25) is 0 Å². The van der Waals surface area contributed by atoms with Crippen LogP contribution in [-0.4, -0.2) is 80.6 Å². The number of nitrogens with one attached hydrogen (secondary N) is 1. The summed E-state index contributed by atoms with van der Waals surface area (Å²) in [6.07, 6.45) is -2.02. The van der Waals surface area contributed by atoms with Crippen LogP contribution in [0.3, 0.4) is 0 Å². The van der Waals surface area contributed by atoms with Crippen molar-refractivity contribution in [1.82, 2.24) is 19.7 Å². The van der Waals surface area contributed by atoms with E-state index in [2.05, 4.69) is 15.2 Å². The van der Waals surface area contributed by atoms with Crippen molar-refractivity contribution in [1.29, 1.82) is 0 Å². The number of ether oxygens (including phenoxy) is 3. The second kappa shape index (κ2) is 10.7. The van der Waals surface area contributed by atoms with E-state index < -0.39 is 49.3 Å². The Labute approximate surface area is 229 Å². The zero-order valence-electron chi connectivity index (χ0n) is 22.2. The lowest BCUT2D eigenvalue weighted by molar-refractivity contribution is -0.145. The highest BCUT2D eigenvalue weighted by Crippen LogP contribution is 2.68. The smallest absolute Gasteiger partial charge is 0.459 e. The lowest BCUT2D eigenvalue weighted by atomic mass is 10.0. The van der Waals surface area contributed by atoms with Gasteiger partial charge in [-0.25, -0.2) is 14.1 Å². The number of benzene rings is 1. The van der Waals surface area contributed by atoms with Crippen LogP contribution < -0.4 is 15.3 Å². The topological polar surface area (TPSA) is 189 Å². The molecule has 216 valence electrons. The summed E-state index contributed by atoms with van der Waals surface area (Å²) in [7, 11) is -2.81. The normalized spacial score (nSPS) is 29.5. The summed E-state index contributed by atoms with van der Waals surface area (Å²) in [5, 5.41) is 29.5. The lowest BCUT2D eigenvalue weighted by Gasteiger charge is -2.27. The Morgan fingerprint density at radius 2 is 2.02 bits per heavy atom. The monoisotopic (exact) mass is 577 g/mol. The molecule has 2 fully saturated rings. The van der Waals surface area contributed by atoms with E-state index in [1.165, 1.54) is 31.8 Å². The molecular formula is C25H32N5O9P. The molecule has 2 aliphatic rings. The van der Waals surface area contributed by atoms with Gasteiger partial charge < -0.3 is 34.7 Å². The maximum Gasteiger partial charge on any atom is 0.459 e. The van der Waals surface area contributed by atoms with Gasteiger partial charge in [-0.05, 0) is 38.1 Å². The Morgan fingerprint density at radius 3 is 2.70 bits per heavy atom. The zero-order valence-corrected chi connectivity index (χ0v) is 23.1. The quantitative estimate of drug-likeness (QED) is 0.137. The third kappa shape index (κ3) is 4.85. The zero-order chi connectivity index (χ0) is 28.7. The summed E-state index contributed by atoms with van der Waals surface area (Å²) in [6.45, 7) is 3.49. The van der Waals surface area contributed by atoms with Crippen molar-refractivity contribution in [2.45, 2.75) is 55.8 Å². The van der Waals surface area contributed by atoms with E-state index in [9.17, 15) is 19.6 Å². The van der Waals surface area contributed by atoms with Crippen LogP contribution in [0.25, 0.3) is 5.52 Å². The van der Waals surface area contributed by atoms with Crippen molar-refractivity contribution < 1.29 is 42.8 Å². The minimum atomic E-state index is -4.35. The van der Waals surface area contributed by atoms with Crippen LogP contribution in [0.4, 0.5) is 5.82 Å². The molecule has 0 bridgehead atoms. The highest BCUT2D eigenvalue weighted by atomic mass is 31.2. The minimum absolute atomic E-state index is 0.107. The fourth-order valence-electron chi connectivity index (χ4n) is 4.94. The van der Waals surface area contributed by atoms with Gasteiger partial charge in [-0.15, -0.1) is 0 Å². The van der Waals surface area contributed by atoms with Crippen LogP contribution in [0.2, 0.25) is 0 Å². The number of carbonyl (C=O) groups is 1. The number of hydrogen-bond acceptors (Lipinski definition) is 12. The van der Waals surface area contributed by atoms with Gasteiger partial charge >= 0.3 is 13.7 Å². The van der Waals surface area contributed by atoms with Gasteiger partial charge in [-0.2, -0.15) is 10.2 Å². The Kier molecular flexibility index (Phi) is 7.61. The second-order valence-corrected chi connectivity index (χ2v) is 11.5. The van der Waals surface area contributed by atoms with Gasteiger partial charge in [-0.3, -0.25) is 9.32 Å². The lowest BCUT2D eigenvalue weighted by Crippen LogP contribution is -2.38. The number of nitrogen functional groups attached to an aromatic ring is 1. The number of aliphatic hydroxyl groups excluding tert-OH is 1. The molecule has 15 heteroatoms. The summed E-state index contributed by atoms with van der Waals surface area (Å²) < 4.78 is 43.3. The molecule has 1 saturated heterocycles. The number of hydrogen-bond donors (Lipinski definition) is 4. The number of nitrogens with two attached hydrogens (primary N) is 1. The van der Waals surface area contributed by atoms with Crippen LogP contribution in [0.15, 0.2) is 48.8 Å². The summed E-state index contributed by atoms with van der Waals surface area (Å²) in [4.78, 5) is 16.5. The summed E-state index contributed by atoms with van der Waals surface area (Å²) in [6, 6.07) is 10.4. The van der Waals surface area contributed by atoms with Crippen molar-refractivity contribution in [2.24, 2.45) is 0 Å². The van der Waals surface area contributed by atoms with Gasteiger partial charge in [0, 0.05) is 20.1 Å². The molecule has 5 rings (SSSR count). The van der Waals surface area contributed by atoms with Crippen LogP contribution in [-0.2, 0) is 28.1 Å². The maximum absolute atomic E-state index is 14.0. The number of aromatic nitrogens is 3. The second-order valence-electron chi connectivity index (χ2n) is 9.87. The predicted octanol–water partition coefficient (Wildman–Crippen LogP) is 1.38. The maximum atomic E-state index is 14.0. The predicted molar refractivity (Wildman–Crippen MR) is 140 cm³/mol. The Balaban J connectivity index is 1.34. The first kappa shape index (κ1) is 28.4. The van der Waals surface area contributed by atoms with Gasteiger partial charge in [0.1, 0.15) is 47.5 Å². The molecule has 3 heterocycles. The van der Waals surface area contributed by atoms with Crippen LogP contribution >= 0.6 is 7.75 Å². The van der Waals surface area contributed by atoms with Crippen LogP contribution in [0.5, 0.6) is 5.75 Å². The van der Waals surface area contributed by atoms with Crippen LogP contribution in [0, 0.1) is 0 Å². The van der Waals surface area contributed by atoms with Gasteiger partial charge in [0.05, 0.1) is 12.3 Å². The molecule has 1 aromatic carbocycles. The summed E-state index contributed by atoms with van der Waals surface area (Å²) >= 11 is 0. The Bertz CT molecular complexity index is 1420. The molecule has 1 saturated carbocycles. The van der Waals surface area contributed by atoms with E-state index in [1.807, 2.05) is 0 Å². The molecule has 3 aromatic rings. The Hall–Kier alpha value is -3.10. The molecule has 1 unspecified atom stereocenters. The number of nitrogens with zero attached hydrogens (tertiary/aromatic N) is 3. The number of carbonyl (C=O) groups excluding carboxylic acids is 1. The number of fused-ring (bicyclic) bond motifs is 2. The van der Waals surface area contributed by atoms with E-state index in [0.29, 0.717) is 24.2 Å². The molecule has 1 aliphatic heterocycles. The first-order valence-electron chi connectivity index (χ1n) is 12.7. The molecule has 2 aromatic heterocycles. The molecule has 0 radical (unpaired) electrons. The number of para-hydroxylation sites is 1. The average molecular weight is 578 g/mol. The fourth-order valence-corrected chi connectivity index (χ4v) is 6.72. The van der Waals surface area contributed by atoms with Crippen LogP contribution in [0.1, 0.15) is 32.1 Å². The first-order valence-corrected chi connectivity index (χ1v) is 14.2. The molecule has 1 aliphatic carbocycles. The highest BCUT2D eigenvalue weighted by molar-refractivity contribution is 7.52. The number of esters is 1. The molecule has 0 amide bonds. The highest BCUT2D eigenvalue weighted by Gasteiger charge is 2.87. The van der Waals surface area contributed by atoms with Gasteiger partial charge in [0.25, 0.3) is 0 Å². The molecule has 40 heavy (non-hydrogen) atoms. The molecular weight excluding hydrogens is 545 g/mol. The average Bonchev–Trinajstić information content (AvgIpc) is 3.20. The van der Waals surface area contributed by atoms with Crippen molar-refractivity contribution in [3.8, 4) is 5.75 Å². The summed E-state index contributed by atoms with van der Waals surface area (Å²) in [5.74, 6) is -0.255. The van der Waals surface area contributed by atoms with E-state index in [-0.39, 0.29) is 18.2 Å². The largest absolute Gasteiger partial charge is 0.464 e. The van der Waals surface area contributed by atoms with Crippen molar-refractivity contribution in [2.75, 3.05) is 26.1 Å². The van der Waals surface area contributed by atoms with E-state index in [4.69, 9.17) is 29.0 Å². The number of anilines is 1. The third-order valence-corrected chi connectivity index (χ3v) is 8.82. The SMILES string of the molecule is COCCCOC(=O)[C@H](C)N[P@](=O)(Oc1ccccc1)OC1[C@@]2(C)O[C@@H](c3ccc4c(N)ncnn34)[C@H](O)[C@@]12O. The van der Waals surface area contributed by atoms with Crippen molar-refractivity contribution in [3.63, 3.8) is 0 Å². The molecule has 14 nitrogen and oxygen atoms in total. The third-order valence-electron chi connectivity index (χ3n) is 7.18. The number of methoxy groups -OCH3 is 1. The fraction of sp³-hybridized carbons (Fsp3) is 0.480. The van der Waals surface area contributed by atoms with Crippen molar-refractivity contribution >= 4 is 25.1 Å². The summed E-state index contributed by atoms with van der Waals surface area (Å²) in [5.41, 5.74) is 3.42. The van der Waals surface area contributed by atoms with Gasteiger partial charge in [0.15, 0.2) is 11.4 Å². The molecule has 5 N–H and O–H groups in total. The minimum Gasteiger partial charge on any atom is -0.464 e. The van der Waals surface area contributed by atoms with E-state index in [0.717, 1.165) is 0 Å². The Morgan fingerprint density at radius 1 is 1.27 bits per heavy atom.